The van der Waals surface area contributed by atoms with Gasteiger partial charge in [0.2, 0.25) is 0 Å². The third-order valence-electron chi connectivity index (χ3n) is 4.51. The van der Waals surface area contributed by atoms with Crippen LogP contribution < -0.4 is 5.32 Å². The van der Waals surface area contributed by atoms with Gasteiger partial charge in [0.05, 0.1) is 3.79 Å². The van der Waals surface area contributed by atoms with E-state index in [1.807, 2.05) is 11.3 Å². The monoisotopic (exact) mass is 406 g/mol. The van der Waals surface area contributed by atoms with Crippen molar-refractivity contribution in [2.45, 2.75) is 44.2 Å². The first-order valence-corrected chi connectivity index (χ1v) is 9.49. The fraction of sp³-hybridized carbons (Fsp3) is 0.714. The maximum absolute atomic E-state index is 3.62. The number of halogens is 2. The number of hydrogen-bond acceptors (Lipinski definition) is 3. The molecule has 1 aliphatic heterocycles. The zero-order valence-electron chi connectivity index (χ0n) is 11.1. The van der Waals surface area contributed by atoms with Crippen LogP contribution in [-0.2, 0) is 6.54 Å². The zero-order valence-corrected chi connectivity index (χ0v) is 15.0. The second kappa shape index (κ2) is 6.14. The summed E-state index contributed by atoms with van der Waals surface area (Å²) in [5, 5.41) is 3.62. The van der Waals surface area contributed by atoms with Crippen molar-refractivity contribution in [3.63, 3.8) is 0 Å². The Morgan fingerprint density at radius 2 is 2.05 bits per heavy atom. The van der Waals surface area contributed by atoms with Gasteiger partial charge in [0, 0.05) is 41.1 Å². The molecule has 2 fully saturated rings. The largest absolute Gasteiger partial charge is 0.314 e. The molecule has 0 bridgehead atoms. The molecule has 1 saturated heterocycles. The summed E-state index contributed by atoms with van der Waals surface area (Å²) in [7, 11) is 0. The quantitative estimate of drug-likeness (QED) is 0.782. The fourth-order valence-corrected chi connectivity index (χ4v) is 5.68. The maximum atomic E-state index is 3.62. The predicted octanol–water partition coefficient (Wildman–Crippen LogP) is 4.38. The normalized spacial score (nSPS) is 23.9. The van der Waals surface area contributed by atoms with Gasteiger partial charge in [-0.05, 0) is 50.8 Å². The molecule has 0 atom stereocenters. The summed E-state index contributed by atoms with van der Waals surface area (Å²) in [5.41, 5.74) is 0.430. The van der Waals surface area contributed by atoms with Gasteiger partial charge in [-0.25, -0.2) is 0 Å². The highest BCUT2D eigenvalue weighted by atomic mass is 79.9. The van der Waals surface area contributed by atoms with Crippen LogP contribution in [0.25, 0.3) is 0 Å². The number of piperazine rings is 1. The molecule has 1 aromatic heterocycles. The van der Waals surface area contributed by atoms with Gasteiger partial charge in [-0.2, -0.15) is 0 Å². The van der Waals surface area contributed by atoms with Crippen LogP contribution in [0.15, 0.2) is 14.3 Å². The molecule has 5 heteroatoms. The van der Waals surface area contributed by atoms with Crippen LogP contribution in [0.2, 0.25) is 0 Å². The van der Waals surface area contributed by atoms with Gasteiger partial charge in [-0.1, -0.05) is 19.3 Å². The lowest BCUT2D eigenvalue weighted by molar-refractivity contribution is 0.0217. The SMILES string of the molecule is Brc1cc(CN2CCNCC23CCCCC3)sc1Br. The summed E-state index contributed by atoms with van der Waals surface area (Å²) < 4.78 is 2.41. The molecule has 1 aliphatic carbocycles. The lowest BCUT2D eigenvalue weighted by atomic mass is 9.79. The standard InChI is InChI=1S/C14H20Br2N2S/c15-12-8-11(19-13(12)16)9-18-7-6-17-10-14(18)4-2-1-3-5-14/h8,17H,1-7,9-10H2. The Labute approximate surface area is 136 Å². The third-order valence-corrected chi connectivity index (χ3v) is 7.75. The summed E-state index contributed by atoms with van der Waals surface area (Å²) in [4.78, 5) is 4.21. The van der Waals surface area contributed by atoms with Crippen molar-refractivity contribution in [1.29, 1.82) is 0 Å². The van der Waals surface area contributed by atoms with E-state index in [2.05, 4.69) is 48.1 Å². The molecule has 0 amide bonds. The first-order chi connectivity index (χ1) is 9.20. The molecule has 1 N–H and O–H groups in total. The molecule has 106 valence electrons. The highest BCUT2D eigenvalue weighted by Gasteiger charge is 2.39. The Balaban J connectivity index is 1.76. The van der Waals surface area contributed by atoms with Gasteiger partial charge in [-0.3, -0.25) is 4.90 Å². The number of nitrogens with zero attached hydrogens (tertiary/aromatic N) is 1. The van der Waals surface area contributed by atoms with E-state index >= 15 is 0 Å². The Kier molecular flexibility index (Phi) is 4.69. The molecule has 1 aromatic rings. The van der Waals surface area contributed by atoms with Crippen molar-refractivity contribution in [3.05, 3.63) is 19.2 Å². The van der Waals surface area contributed by atoms with E-state index in [0.717, 1.165) is 13.1 Å². The minimum atomic E-state index is 0.430. The predicted molar refractivity (Wildman–Crippen MR) is 88.8 cm³/mol. The van der Waals surface area contributed by atoms with Gasteiger partial charge in [0.25, 0.3) is 0 Å². The average molecular weight is 408 g/mol. The summed E-state index contributed by atoms with van der Waals surface area (Å²) in [6, 6.07) is 2.27. The molecule has 0 aromatic carbocycles. The lowest BCUT2D eigenvalue weighted by Gasteiger charge is -2.49. The van der Waals surface area contributed by atoms with Gasteiger partial charge in [0.1, 0.15) is 0 Å². The molecule has 19 heavy (non-hydrogen) atoms. The van der Waals surface area contributed by atoms with Gasteiger partial charge < -0.3 is 5.32 Å². The average Bonchev–Trinajstić information content (AvgIpc) is 2.73. The molecule has 2 nitrogen and oxygen atoms in total. The van der Waals surface area contributed by atoms with Gasteiger partial charge in [0.15, 0.2) is 0 Å². The van der Waals surface area contributed by atoms with Crippen LogP contribution >= 0.6 is 43.2 Å². The summed E-state index contributed by atoms with van der Waals surface area (Å²) in [5.74, 6) is 0. The molecule has 0 unspecified atom stereocenters. The first-order valence-electron chi connectivity index (χ1n) is 7.09. The van der Waals surface area contributed by atoms with Crippen molar-refractivity contribution in [2.75, 3.05) is 19.6 Å². The molecule has 2 aliphatic rings. The van der Waals surface area contributed by atoms with Crippen molar-refractivity contribution in [1.82, 2.24) is 10.2 Å². The van der Waals surface area contributed by atoms with E-state index in [4.69, 9.17) is 0 Å². The summed E-state index contributed by atoms with van der Waals surface area (Å²) >= 11 is 9.07. The fourth-order valence-electron chi connectivity index (χ4n) is 3.49. The minimum Gasteiger partial charge on any atom is -0.314 e. The van der Waals surface area contributed by atoms with Crippen molar-refractivity contribution in [3.8, 4) is 0 Å². The third kappa shape index (κ3) is 3.10. The smallest absolute Gasteiger partial charge is 0.0843 e. The molecule has 1 saturated carbocycles. The topological polar surface area (TPSA) is 15.3 Å². The van der Waals surface area contributed by atoms with Crippen molar-refractivity contribution < 1.29 is 0 Å². The van der Waals surface area contributed by atoms with Crippen LogP contribution in [0.3, 0.4) is 0 Å². The molecule has 0 radical (unpaired) electrons. The highest BCUT2D eigenvalue weighted by Crippen LogP contribution is 2.38. The van der Waals surface area contributed by atoms with Crippen molar-refractivity contribution >= 4 is 43.2 Å². The first kappa shape index (κ1) is 14.5. The summed E-state index contributed by atoms with van der Waals surface area (Å²) in [6.45, 7) is 4.61. The van der Waals surface area contributed by atoms with E-state index in [1.165, 1.54) is 58.3 Å². The second-order valence-corrected chi connectivity index (χ2v) is 9.03. The number of hydrogen-bond donors (Lipinski definition) is 1. The maximum Gasteiger partial charge on any atom is 0.0843 e. The number of rotatable bonds is 2. The second-order valence-electron chi connectivity index (χ2n) is 5.72. The van der Waals surface area contributed by atoms with Gasteiger partial charge in [-0.15, -0.1) is 11.3 Å². The number of thiophene rings is 1. The Morgan fingerprint density at radius 1 is 1.26 bits per heavy atom. The van der Waals surface area contributed by atoms with E-state index < -0.39 is 0 Å². The Hall–Kier alpha value is 0.580. The Bertz CT molecular complexity index is 413. The van der Waals surface area contributed by atoms with E-state index in [-0.39, 0.29) is 0 Å². The zero-order chi connectivity index (χ0) is 13.3. The Morgan fingerprint density at radius 3 is 2.74 bits per heavy atom. The van der Waals surface area contributed by atoms with E-state index in [9.17, 15) is 0 Å². The van der Waals surface area contributed by atoms with E-state index in [0.29, 0.717) is 5.54 Å². The van der Waals surface area contributed by atoms with Crippen LogP contribution in [-0.4, -0.2) is 30.1 Å². The molecule has 1 spiro atoms. The summed E-state index contributed by atoms with van der Waals surface area (Å²) in [6.07, 6.45) is 6.96. The van der Waals surface area contributed by atoms with Crippen LogP contribution in [0.4, 0.5) is 0 Å². The molecule has 2 heterocycles. The highest BCUT2D eigenvalue weighted by molar-refractivity contribution is 9.13. The van der Waals surface area contributed by atoms with Crippen LogP contribution in [0.5, 0.6) is 0 Å². The van der Waals surface area contributed by atoms with Crippen LogP contribution in [0, 0.1) is 0 Å². The van der Waals surface area contributed by atoms with E-state index in [1.54, 1.807) is 0 Å². The molecule has 3 rings (SSSR count). The number of nitrogens with one attached hydrogen (secondary N) is 1. The lowest BCUT2D eigenvalue weighted by Crippen LogP contribution is -2.61. The minimum absolute atomic E-state index is 0.430. The van der Waals surface area contributed by atoms with Gasteiger partial charge >= 0.3 is 0 Å². The molecular formula is C14H20Br2N2S. The van der Waals surface area contributed by atoms with Crippen molar-refractivity contribution in [2.24, 2.45) is 0 Å². The van der Waals surface area contributed by atoms with Crippen LogP contribution in [0.1, 0.15) is 37.0 Å². The molecular weight excluding hydrogens is 388 g/mol.